The molecule has 2 heterocycles. The fourth-order valence-corrected chi connectivity index (χ4v) is 2.08. The monoisotopic (exact) mass is 233 g/mol. The predicted octanol–water partition coefficient (Wildman–Crippen LogP) is 2.31. The maximum atomic E-state index is 5.40. The molecule has 0 aliphatic carbocycles. The summed E-state index contributed by atoms with van der Waals surface area (Å²) in [4.78, 5) is 0. The minimum atomic E-state index is 0.238. The Morgan fingerprint density at radius 2 is 2.35 bits per heavy atom. The van der Waals surface area contributed by atoms with E-state index in [9.17, 15) is 0 Å². The summed E-state index contributed by atoms with van der Waals surface area (Å²) in [7, 11) is 1.97. The zero-order valence-corrected chi connectivity index (χ0v) is 10.6. The van der Waals surface area contributed by atoms with E-state index in [1.54, 1.807) is 6.26 Å². The largest absolute Gasteiger partial charge is 0.469 e. The second kappa shape index (κ2) is 5.19. The zero-order valence-electron chi connectivity index (χ0n) is 10.6. The Bertz CT molecular complexity index is 459. The number of hydrogen-bond acceptors (Lipinski definition) is 3. The third-order valence-corrected chi connectivity index (χ3v) is 2.92. The summed E-state index contributed by atoms with van der Waals surface area (Å²) in [6, 6.07) is 6.30. The average molecular weight is 233 g/mol. The van der Waals surface area contributed by atoms with Crippen LogP contribution in [0.3, 0.4) is 0 Å². The van der Waals surface area contributed by atoms with Crippen LogP contribution in [-0.2, 0) is 13.0 Å². The Morgan fingerprint density at radius 3 is 2.94 bits per heavy atom. The van der Waals surface area contributed by atoms with Crippen molar-refractivity contribution in [1.82, 2.24) is 15.1 Å². The molecule has 0 saturated carbocycles. The number of nitrogens with zero attached hydrogens (tertiary/aromatic N) is 2. The average Bonchev–Trinajstić information content (AvgIpc) is 2.94. The zero-order chi connectivity index (χ0) is 12.3. The molecular formula is C13H19N3O. The van der Waals surface area contributed by atoms with Gasteiger partial charge in [-0.1, -0.05) is 0 Å². The lowest BCUT2D eigenvalue weighted by Gasteiger charge is -2.16. The number of rotatable bonds is 5. The molecule has 0 aliphatic heterocycles. The van der Waals surface area contributed by atoms with Crippen molar-refractivity contribution < 1.29 is 4.42 Å². The van der Waals surface area contributed by atoms with E-state index >= 15 is 0 Å². The quantitative estimate of drug-likeness (QED) is 0.861. The molecule has 2 rings (SSSR count). The molecule has 1 atom stereocenters. The van der Waals surface area contributed by atoms with Crippen LogP contribution in [0.15, 0.2) is 28.9 Å². The highest BCUT2D eigenvalue weighted by atomic mass is 16.3. The lowest BCUT2D eigenvalue weighted by Crippen LogP contribution is -2.22. The smallest absolute Gasteiger partial charge is 0.105 e. The molecule has 17 heavy (non-hydrogen) atoms. The molecule has 0 radical (unpaired) electrons. The molecule has 0 amide bonds. The van der Waals surface area contributed by atoms with Crippen molar-refractivity contribution in [2.75, 3.05) is 7.05 Å². The standard InChI is InChI=1S/C13H19N3O/c1-4-16-13(8-10(2)15-16)12(14-3)9-11-6-5-7-17-11/h5-8,12,14H,4,9H2,1-3H3. The van der Waals surface area contributed by atoms with Crippen LogP contribution >= 0.6 is 0 Å². The maximum absolute atomic E-state index is 5.40. The lowest BCUT2D eigenvalue weighted by atomic mass is 10.1. The van der Waals surface area contributed by atoms with Crippen molar-refractivity contribution in [3.8, 4) is 0 Å². The Labute approximate surface area is 102 Å². The van der Waals surface area contributed by atoms with Crippen molar-refractivity contribution >= 4 is 0 Å². The SMILES string of the molecule is CCn1nc(C)cc1C(Cc1ccco1)NC. The van der Waals surface area contributed by atoms with E-state index in [1.165, 1.54) is 5.69 Å². The Hall–Kier alpha value is -1.55. The molecule has 0 fully saturated rings. The van der Waals surface area contributed by atoms with Gasteiger partial charge in [0.2, 0.25) is 0 Å². The van der Waals surface area contributed by atoms with Crippen molar-refractivity contribution in [3.05, 3.63) is 41.6 Å². The van der Waals surface area contributed by atoms with E-state index in [4.69, 9.17) is 4.42 Å². The lowest BCUT2D eigenvalue weighted by molar-refractivity contribution is 0.446. The molecular weight excluding hydrogens is 214 g/mol. The van der Waals surface area contributed by atoms with Crippen LogP contribution < -0.4 is 5.32 Å². The summed E-state index contributed by atoms with van der Waals surface area (Å²) < 4.78 is 7.44. The minimum absolute atomic E-state index is 0.238. The molecule has 0 bridgehead atoms. The molecule has 0 saturated heterocycles. The summed E-state index contributed by atoms with van der Waals surface area (Å²) >= 11 is 0. The van der Waals surface area contributed by atoms with Gasteiger partial charge in [-0.2, -0.15) is 5.10 Å². The fourth-order valence-electron chi connectivity index (χ4n) is 2.08. The topological polar surface area (TPSA) is 43.0 Å². The van der Waals surface area contributed by atoms with E-state index in [1.807, 2.05) is 30.8 Å². The summed E-state index contributed by atoms with van der Waals surface area (Å²) in [6.07, 6.45) is 2.55. The van der Waals surface area contributed by atoms with Gasteiger partial charge < -0.3 is 9.73 Å². The van der Waals surface area contributed by atoms with E-state index in [0.717, 1.165) is 24.4 Å². The molecule has 1 N–H and O–H groups in total. The van der Waals surface area contributed by atoms with E-state index in [0.29, 0.717) is 0 Å². The Morgan fingerprint density at radius 1 is 1.53 bits per heavy atom. The summed E-state index contributed by atoms with van der Waals surface area (Å²) in [6.45, 7) is 5.02. The highest BCUT2D eigenvalue weighted by Gasteiger charge is 2.16. The summed E-state index contributed by atoms with van der Waals surface area (Å²) in [5.41, 5.74) is 2.27. The molecule has 4 heteroatoms. The highest BCUT2D eigenvalue weighted by Crippen LogP contribution is 2.19. The van der Waals surface area contributed by atoms with Gasteiger partial charge in [0.25, 0.3) is 0 Å². The van der Waals surface area contributed by atoms with Crippen LogP contribution in [0.1, 0.15) is 30.1 Å². The second-order valence-electron chi connectivity index (χ2n) is 4.15. The van der Waals surface area contributed by atoms with Crippen LogP contribution in [0.4, 0.5) is 0 Å². The molecule has 92 valence electrons. The number of aryl methyl sites for hydroxylation is 2. The maximum Gasteiger partial charge on any atom is 0.105 e. The Kier molecular flexibility index (Phi) is 3.64. The van der Waals surface area contributed by atoms with Crippen LogP contribution in [0, 0.1) is 6.92 Å². The van der Waals surface area contributed by atoms with Crippen LogP contribution in [0.25, 0.3) is 0 Å². The number of likely N-dealkylation sites (N-methyl/N-ethyl adjacent to an activating group) is 1. The molecule has 0 aliphatic rings. The summed E-state index contributed by atoms with van der Waals surface area (Å²) in [5.74, 6) is 0.992. The van der Waals surface area contributed by atoms with Gasteiger partial charge in [0.15, 0.2) is 0 Å². The van der Waals surface area contributed by atoms with Gasteiger partial charge in [0, 0.05) is 13.0 Å². The van der Waals surface area contributed by atoms with Gasteiger partial charge >= 0.3 is 0 Å². The predicted molar refractivity (Wildman–Crippen MR) is 66.9 cm³/mol. The van der Waals surface area contributed by atoms with Gasteiger partial charge in [-0.05, 0) is 39.1 Å². The first-order chi connectivity index (χ1) is 8.24. The number of nitrogens with one attached hydrogen (secondary N) is 1. The van der Waals surface area contributed by atoms with Crippen LogP contribution in [-0.4, -0.2) is 16.8 Å². The van der Waals surface area contributed by atoms with Crippen molar-refractivity contribution in [2.45, 2.75) is 32.9 Å². The first kappa shape index (κ1) is 11.9. The normalized spacial score (nSPS) is 12.9. The minimum Gasteiger partial charge on any atom is -0.469 e. The molecule has 0 spiro atoms. The molecule has 2 aromatic rings. The fraction of sp³-hybridized carbons (Fsp3) is 0.462. The van der Waals surface area contributed by atoms with Crippen molar-refractivity contribution in [1.29, 1.82) is 0 Å². The highest BCUT2D eigenvalue weighted by molar-refractivity contribution is 5.16. The molecule has 0 aromatic carbocycles. The van der Waals surface area contributed by atoms with Crippen LogP contribution in [0.2, 0.25) is 0 Å². The van der Waals surface area contributed by atoms with E-state index in [2.05, 4.69) is 23.4 Å². The second-order valence-corrected chi connectivity index (χ2v) is 4.15. The van der Waals surface area contributed by atoms with Gasteiger partial charge in [0.05, 0.1) is 23.7 Å². The van der Waals surface area contributed by atoms with Crippen molar-refractivity contribution in [3.63, 3.8) is 0 Å². The van der Waals surface area contributed by atoms with Gasteiger partial charge in [-0.3, -0.25) is 4.68 Å². The van der Waals surface area contributed by atoms with Gasteiger partial charge in [-0.25, -0.2) is 0 Å². The number of hydrogen-bond donors (Lipinski definition) is 1. The molecule has 4 nitrogen and oxygen atoms in total. The van der Waals surface area contributed by atoms with Crippen LogP contribution in [0.5, 0.6) is 0 Å². The van der Waals surface area contributed by atoms with Gasteiger partial charge in [-0.15, -0.1) is 0 Å². The summed E-state index contributed by atoms with van der Waals surface area (Å²) in [5, 5.41) is 7.80. The van der Waals surface area contributed by atoms with E-state index < -0.39 is 0 Å². The van der Waals surface area contributed by atoms with Gasteiger partial charge in [0.1, 0.15) is 5.76 Å². The first-order valence-electron chi connectivity index (χ1n) is 5.98. The third kappa shape index (κ3) is 2.58. The number of aromatic nitrogens is 2. The third-order valence-electron chi connectivity index (χ3n) is 2.92. The Balaban J connectivity index is 2.22. The van der Waals surface area contributed by atoms with E-state index in [-0.39, 0.29) is 6.04 Å². The molecule has 2 aromatic heterocycles. The molecule has 1 unspecified atom stereocenters. The van der Waals surface area contributed by atoms with Crippen molar-refractivity contribution in [2.24, 2.45) is 0 Å². The number of furan rings is 1. The first-order valence-corrected chi connectivity index (χ1v) is 5.98.